The van der Waals surface area contributed by atoms with E-state index >= 15 is 0 Å². The van der Waals surface area contributed by atoms with Crippen molar-refractivity contribution in [1.29, 1.82) is 5.26 Å². The van der Waals surface area contributed by atoms with Gasteiger partial charge in [0, 0.05) is 12.2 Å². The fraction of sp³-hybridized carbons (Fsp3) is 0.500. The molecule has 0 aliphatic carbocycles. The number of nitrogens with zero attached hydrogens (tertiary/aromatic N) is 1. The number of carbonyl (C=O) groups excluding carboxylic acids is 1. The number of hydrogen-bond donors (Lipinski definition) is 3. The van der Waals surface area contributed by atoms with Crippen LogP contribution in [-0.4, -0.2) is 23.3 Å². The van der Waals surface area contributed by atoms with Gasteiger partial charge in [0.05, 0.1) is 17.2 Å². The molecule has 1 aromatic carbocycles. The van der Waals surface area contributed by atoms with Gasteiger partial charge in [-0.3, -0.25) is 0 Å². The molecule has 21 heavy (non-hydrogen) atoms. The lowest BCUT2D eigenvalue weighted by Gasteiger charge is -2.24. The highest BCUT2D eigenvalue weighted by Crippen LogP contribution is 2.15. The van der Waals surface area contributed by atoms with Gasteiger partial charge in [-0.2, -0.15) is 5.26 Å². The third kappa shape index (κ3) is 6.77. The average Bonchev–Trinajstić information content (AvgIpc) is 2.43. The number of nitriles is 1. The topological polar surface area (TPSA) is 85.2 Å². The van der Waals surface area contributed by atoms with Crippen molar-refractivity contribution < 1.29 is 9.90 Å². The van der Waals surface area contributed by atoms with Gasteiger partial charge in [-0.15, -0.1) is 0 Å². The molecule has 1 aromatic rings. The molecule has 1 atom stereocenters. The molecule has 0 fully saturated rings. The summed E-state index contributed by atoms with van der Waals surface area (Å²) in [7, 11) is 0. The van der Waals surface area contributed by atoms with Crippen LogP contribution in [0.5, 0.6) is 0 Å². The van der Waals surface area contributed by atoms with Crippen molar-refractivity contribution in [3.8, 4) is 6.07 Å². The van der Waals surface area contributed by atoms with E-state index in [9.17, 15) is 9.90 Å². The second kappa shape index (κ2) is 7.65. The van der Waals surface area contributed by atoms with E-state index in [1.165, 1.54) is 0 Å². The van der Waals surface area contributed by atoms with Crippen LogP contribution in [0.15, 0.2) is 24.3 Å². The molecule has 3 N–H and O–H groups in total. The molecule has 5 nitrogen and oxygen atoms in total. The van der Waals surface area contributed by atoms with Crippen LogP contribution in [0.3, 0.4) is 0 Å². The first kappa shape index (κ1) is 17.0. The van der Waals surface area contributed by atoms with E-state index in [1.54, 1.807) is 31.2 Å². The van der Waals surface area contributed by atoms with Crippen LogP contribution in [-0.2, 0) is 0 Å². The fourth-order valence-corrected chi connectivity index (χ4v) is 1.80. The van der Waals surface area contributed by atoms with Gasteiger partial charge >= 0.3 is 6.03 Å². The van der Waals surface area contributed by atoms with Gasteiger partial charge in [-0.25, -0.2) is 4.79 Å². The molecule has 2 amide bonds. The van der Waals surface area contributed by atoms with Crippen molar-refractivity contribution >= 4 is 11.7 Å². The zero-order valence-electron chi connectivity index (χ0n) is 12.8. The summed E-state index contributed by atoms with van der Waals surface area (Å²) < 4.78 is 0. The number of aliphatic hydroxyl groups is 1. The maximum atomic E-state index is 11.8. The van der Waals surface area contributed by atoms with E-state index in [0.29, 0.717) is 23.6 Å². The Bertz CT molecular complexity index is 518. The summed E-state index contributed by atoms with van der Waals surface area (Å²) in [5.74, 6) is 0.513. The van der Waals surface area contributed by atoms with Crippen LogP contribution in [0.4, 0.5) is 10.5 Å². The van der Waals surface area contributed by atoms with E-state index in [-0.39, 0.29) is 6.54 Å². The average molecular weight is 289 g/mol. The summed E-state index contributed by atoms with van der Waals surface area (Å²) >= 11 is 0. The Hall–Kier alpha value is -2.06. The molecule has 0 bridgehead atoms. The molecule has 0 saturated carbocycles. The summed E-state index contributed by atoms with van der Waals surface area (Å²) in [5.41, 5.74) is 0.112. The Kier molecular flexibility index (Phi) is 6.19. The highest BCUT2D eigenvalue weighted by molar-refractivity contribution is 5.89. The molecule has 0 radical (unpaired) electrons. The number of rotatable bonds is 6. The Morgan fingerprint density at radius 3 is 2.81 bits per heavy atom. The smallest absolute Gasteiger partial charge is 0.319 e. The number of nitrogens with one attached hydrogen (secondary N) is 2. The Morgan fingerprint density at radius 2 is 2.19 bits per heavy atom. The highest BCUT2D eigenvalue weighted by Gasteiger charge is 2.21. The molecular weight excluding hydrogens is 266 g/mol. The maximum absolute atomic E-state index is 11.8. The zero-order valence-corrected chi connectivity index (χ0v) is 12.8. The summed E-state index contributed by atoms with van der Waals surface area (Å²) in [6.07, 6.45) is 1.54. The van der Waals surface area contributed by atoms with Gasteiger partial charge in [-0.05, 0) is 43.9 Å². The van der Waals surface area contributed by atoms with Crippen LogP contribution in [0.25, 0.3) is 0 Å². The summed E-state index contributed by atoms with van der Waals surface area (Å²) in [5, 5.41) is 24.3. The largest absolute Gasteiger partial charge is 0.388 e. The van der Waals surface area contributed by atoms with E-state index < -0.39 is 11.6 Å². The van der Waals surface area contributed by atoms with Crippen LogP contribution in [0, 0.1) is 17.2 Å². The quantitative estimate of drug-likeness (QED) is 0.752. The van der Waals surface area contributed by atoms with Crippen molar-refractivity contribution in [1.82, 2.24) is 5.32 Å². The van der Waals surface area contributed by atoms with Crippen LogP contribution in [0.1, 0.15) is 39.2 Å². The molecule has 1 unspecified atom stereocenters. The fourth-order valence-electron chi connectivity index (χ4n) is 1.80. The molecule has 0 saturated heterocycles. The first-order chi connectivity index (χ1) is 9.82. The summed E-state index contributed by atoms with van der Waals surface area (Å²) in [6, 6.07) is 8.29. The number of urea groups is 1. The lowest BCUT2D eigenvalue weighted by atomic mass is 9.95. The predicted octanol–water partition coefficient (Wildman–Crippen LogP) is 2.87. The highest BCUT2D eigenvalue weighted by atomic mass is 16.3. The number of anilines is 1. The minimum absolute atomic E-state index is 0.184. The predicted molar refractivity (Wildman–Crippen MR) is 82.9 cm³/mol. The number of amides is 2. The second-order valence-corrected chi connectivity index (χ2v) is 5.93. The zero-order chi connectivity index (χ0) is 15.9. The minimum Gasteiger partial charge on any atom is -0.388 e. The van der Waals surface area contributed by atoms with Gasteiger partial charge in [0.15, 0.2) is 0 Å². The lowest BCUT2D eigenvalue weighted by Crippen LogP contribution is -2.42. The third-order valence-corrected chi connectivity index (χ3v) is 3.14. The molecule has 114 valence electrons. The lowest BCUT2D eigenvalue weighted by molar-refractivity contribution is 0.0481. The van der Waals surface area contributed by atoms with Crippen LogP contribution < -0.4 is 10.6 Å². The SMILES string of the molecule is CC(C)CCC(C)(O)CNC(=O)Nc1cccc(C#N)c1. The summed E-state index contributed by atoms with van der Waals surface area (Å²) in [4.78, 5) is 11.8. The molecule has 0 spiro atoms. The molecule has 0 aromatic heterocycles. The van der Waals surface area contributed by atoms with Gasteiger partial charge in [0.2, 0.25) is 0 Å². The summed E-state index contributed by atoms with van der Waals surface area (Å²) in [6.45, 7) is 6.09. The van der Waals surface area contributed by atoms with E-state index in [1.807, 2.05) is 6.07 Å². The van der Waals surface area contributed by atoms with Crippen molar-refractivity contribution in [3.05, 3.63) is 29.8 Å². The maximum Gasteiger partial charge on any atom is 0.319 e. The Balaban J connectivity index is 2.45. The minimum atomic E-state index is -0.921. The first-order valence-corrected chi connectivity index (χ1v) is 7.10. The monoisotopic (exact) mass is 289 g/mol. The molecule has 0 heterocycles. The number of benzene rings is 1. The molecule has 0 aliphatic heterocycles. The first-order valence-electron chi connectivity index (χ1n) is 7.10. The molecule has 1 rings (SSSR count). The van der Waals surface area contributed by atoms with E-state index in [2.05, 4.69) is 24.5 Å². The van der Waals surface area contributed by atoms with Gasteiger partial charge in [-0.1, -0.05) is 19.9 Å². The van der Waals surface area contributed by atoms with Gasteiger partial charge in [0.1, 0.15) is 0 Å². The number of carbonyl (C=O) groups is 1. The second-order valence-electron chi connectivity index (χ2n) is 5.93. The van der Waals surface area contributed by atoms with Gasteiger partial charge in [0.25, 0.3) is 0 Å². The van der Waals surface area contributed by atoms with Crippen LogP contribution in [0.2, 0.25) is 0 Å². The number of hydrogen-bond acceptors (Lipinski definition) is 3. The van der Waals surface area contributed by atoms with Crippen LogP contribution >= 0.6 is 0 Å². The van der Waals surface area contributed by atoms with Gasteiger partial charge < -0.3 is 15.7 Å². The molecular formula is C16H23N3O2. The normalized spacial score (nSPS) is 13.3. The Labute approximate surface area is 126 Å². The van der Waals surface area contributed by atoms with Crippen molar-refractivity contribution in [3.63, 3.8) is 0 Å². The van der Waals surface area contributed by atoms with Crippen molar-refractivity contribution in [2.45, 2.75) is 39.2 Å². The molecule has 5 heteroatoms. The van der Waals surface area contributed by atoms with E-state index in [0.717, 1.165) is 6.42 Å². The van der Waals surface area contributed by atoms with E-state index in [4.69, 9.17) is 5.26 Å². The Morgan fingerprint density at radius 1 is 1.48 bits per heavy atom. The van der Waals surface area contributed by atoms with Crippen molar-refractivity contribution in [2.24, 2.45) is 5.92 Å². The standard InChI is InChI=1S/C16H23N3O2/c1-12(2)7-8-16(3,21)11-18-15(20)19-14-6-4-5-13(9-14)10-17/h4-6,9,12,21H,7-8,11H2,1-3H3,(H2,18,19,20). The van der Waals surface area contributed by atoms with Crippen molar-refractivity contribution in [2.75, 3.05) is 11.9 Å². The molecule has 0 aliphatic rings. The third-order valence-electron chi connectivity index (χ3n) is 3.14.